The van der Waals surface area contributed by atoms with Crippen LogP contribution >= 0.6 is 11.8 Å². The maximum atomic E-state index is 11.5. The van der Waals surface area contributed by atoms with E-state index in [9.17, 15) is 4.79 Å². The van der Waals surface area contributed by atoms with Gasteiger partial charge in [-0.15, -0.1) is 0 Å². The van der Waals surface area contributed by atoms with Crippen LogP contribution in [0.3, 0.4) is 0 Å². The Balaban J connectivity index is 1.56. The van der Waals surface area contributed by atoms with Gasteiger partial charge in [0.1, 0.15) is 12.2 Å². The van der Waals surface area contributed by atoms with Gasteiger partial charge in [0.2, 0.25) is 0 Å². The van der Waals surface area contributed by atoms with Crippen LogP contribution in [-0.4, -0.2) is 24.8 Å². The van der Waals surface area contributed by atoms with E-state index in [1.807, 2.05) is 26.8 Å². The van der Waals surface area contributed by atoms with Crippen LogP contribution < -0.4 is 0 Å². The number of rotatable bonds is 10. The number of unbranched alkanes of at least 4 members (excludes halogenated alkanes) is 2. The normalized spacial score (nSPS) is 11.4. The smallest absolute Gasteiger partial charge is 0.332 e. The van der Waals surface area contributed by atoms with Crippen LogP contribution in [0.15, 0.2) is 64.4 Å². The maximum Gasteiger partial charge on any atom is 0.332 e. The highest BCUT2D eigenvalue weighted by Gasteiger charge is 2.15. The van der Waals surface area contributed by atoms with Crippen molar-refractivity contribution in [2.45, 2.75) is 61.8 Å². The van der Waals surface area contributed by atoms with Gasteiger partial charge in [0.05, 0.1) is 0 Å². The third-order valence-electron chi connectivity index (χ3n) is 3.80. The molecule has 146 valence electrons. The van der Waals surface area contributed by atoms with Crippen molar-refractivity contribution in [1.82, 2.24) is 0 Å². The van der Waals surface area contributed by atoms with Crippen LogP contribution in [0.2, 0.25) is 0 Å². The van der Waals surface area contributed by atoms with E-state index in [-0.39, 0.29) is 12.6 Å². The summed E-state index contributed by atoms with van der Waals surface area (Å²) in [5, 5.41) is 0. The summed E-state index contributed by atoms with van der Waals surface area (Å²) in [6.07, 6.45) is 4.25. The minimum atomic E-state index is -0.449. The molecule has 0 bridgehead atoms. The van der Waals surface area contributed by atoms with Crippen molar-refractivity contribution in [2.24, 2.45) is 0 Å². The van der Waals surface area contributed by atoms with Gasteiger partial charge in [0.25, 0.3) is 0 Å². The molecule has 2 rings (SSSR count). The van der Waals surface area contributed by atoms with Crippen molar-refractivity contribution < 1.29 is 14.3 Å². The third-order valence-corrected chi connectivity index (χ3v) is 4.81. The number of benzene rings is 2. The lowest BCUT2D eigenvalue weighted by molar-refractivity contribution is -0.160. The molecule has 0 fully saturated rings. The molecule has 0 unspecified atom stereocenters. The third kappa shape index (κ3) is 9.64. The van der Waals surface area contributed by atoms with E-state index in [4.69, 9.17) is 9.47 Å². The SMILES string of the molecule is CC(C)(C)OC(=O)COCCCCCc1ccc(Sc2ccccc2)cc1. The molecule has 0 heterocycles. The highest BCUT2D eigenvalue weighted by molar-refractivity contribution is 7.99. The minimum absolute atomic E-state index is 0.0395. The molecular weight excluding hydrogens is 356 g/mol. The summed E-state index contributed by atoms with van der Waals surface area (Å²) < 4.78 is 10.6. The molecule has 0 saturated carbocycles. The minimum Gasteiger partial charge on any atom is -0.458 e. The molecule has 27 heavy (non-hydrogen) atoms. The topological polar surface area (TPSA) is 35.5 Å². The van der Waals surface area contributed by atoms with Crippen LogP contribution in [0.4, 0.5) is 0 Å². The van der Waals surface area contributed by atoms with Crippen molar-refractivity contribution in [3.63, 3.8) is 0 Å². The van der Waals surface area contributed by atoms with Gasteiger partial charge in [-0.05, 0) is 69.9 Å². The van der Waals surface area contributed by atoms with E-state index in [1.165, 1.54) is 15.4 Å². The standard InChI is InChI=1S/C23H30O3S/c1-23(2,3)26-22(24)18-25-17-9-5-6-10-19-13-15-21(16-14-19)27-20-11-7-4-8-12-20/h4,7-8,11-16H,5-6,9-10,17-18H2,1-3H3. The Morgan fingerprint density at radius 1 is 0.889 bits per heavy atom. The van der Waals surface area contributed by atoms with Gasteiger partial charge in [-0.25, -0.2) is 4.79 Å². The Morgan fingerprint density at radius 2 is 1.56 bits per heavy atom. The van der Waals surface area contributed by atoms with Gasteiger partial charge < -0.3 is 9.47 Å². The molecule has 0 amide bonds. The van der Waals surface area contributed by atoms with E-state index in [2.05, 4.69) is 48.5 Å². The molecule has 2 aromatic carbocycles. The summed E-state index contributed by atoms with van der Waals surface area (Å²) in [7, 11) is 0. The fraction of sp³-hybridized carbons (Fsp3) is 0.435. The fourth-order valence-corrected chi connectivity index (χ4v) is 3.42. The Kier molecular flexibility index (Phi) is 8.89. The molecule has 2 aromatic rings. The number of aryl methyl sites for hydroxylation is 1. The molecule has 4 heteroatoms. The lowest BCUT2D eigenvalue weighted by Crippen LogP contribution is -2.26. The van der Waals surface area contributed by atoms with E-state index in [1.54, 1.807) is 11.8 Å². The van der Waals surface area contributed by atoms with Crippen LogP contribution in [0, 0.1) is 0 Å². The summed E-state index contributed by atoms with van der Waals surface area (Å²) in [5.74, 6) is -0.295. The van der Waals surface area contributed by atoms with Gasteiger partial charge in [0.15, 0.2) is 0 Å². The lowest BCUT2D eigenvalue weighted by atomic mass is 10.1. The first kappa shape index (κ1) is 21.5. The molecule has 0 spiro atoms. The summed E-state index contributed by atoms with van der Waals surface area (Å²) in [6.45, 7) is 6.22. The fourth-order valence-electron chi connectivity index (χ4n) is 2.59. The van der Waals surface area contributed by atoms with Crippen LogP contribution in [-0.2, 0) is 20.7 Å². The van der Waals surface area contributed by atoms with E-state index < -0.39 is 5.60 Å². The first-order valence-corrected chi connectivity index (χ1v) is 10.4. The number of carbonyl (C=O) groups excluding carboxylic acids is 1. The highest BCUT2D eigenvalue weighted by Crippen LogP contribution is 2.27. The molecule has 0 radical (unpaired) electrons. The molecule has 0 aromatic heterocycles. The maximum absolute atomic E-state index is 11.5. The zero-order valence-corrected chi connectivity index (χ0v) is 17.4. The number of hydrogen-bond donors (Lipinski definition) is 0. The van der Waals surface area contributed by atoms with Gasteiger partial charge in [-0.2, -0.15) is 0 Å². The number of hydrogen-bond acceptors (Lipinski definition) is 4. The second kappa shape index (κ2) is 11.2. The molecule has 0 atom stereocenters. The molecule has 0 aliphatic carbocycles. The van der Waals surface area contributed by atoms with Crippen molar-refractivity contribution in [3.8, 4) is 0 Å². The highest BCUT2D eigenvalue weighted by atomic mass is 32.2. The van der Waals surface area contributed by atoms with Crippen LogP contribution in [0.25, 0.3) is 0 Å². The zero-order valence-electron chi connectivity index (χ0n) is 16.6. The van der Waals surface area contributed by atoms with Crippen molar-refractivity contribution in [3.05, 3.63) is 60.2 Å². The average Bonchev–Trinajstić information content (AvgIpc) is 2.62. The Hall–Kier alpha value is -1.78. The largest absolute Gasteiger partial charge is 0.458 e. The summed E-state index contributed by atoms with van der Waals surface area (Å²) in [5.41, 5.74) is 0.914. The first-order chi connectivity index (χ1) is 12.9. The molecular formula is C23H30O3S. The van der Waals surface area contributed by atoms with Gasteiger partial charge in [0, 0.05) is 16.4 Å². The van der Waals surface area contributed by atoms with Gasteiger partial charge in [-0.3, -0.25) is 0 Å². The number of ether oxygens (including phenoxy) is 2. The number of carbonyl (C=O) groups is 1. The molecule has 0 aliphatic rings. The van der Waals surface area contributed by atoms with E-state index >= 15 is 0 Å². The summed E-state index contributed by atoms with van der Waals surface area (Å²) >= 11 is 1.78. The monoisotopic (exact) mass is 386 g/mol. The van der Waals surface area contributed by atoms with E-state index in [0.29, 0.717) is 6.61 Å². The molecule has 0 N–H and O–H groups in total. The predicted octanol–water partition coefficient (Wildman–Crippen LogP) is 5.91. The second-order valence-electron chi connectivity index (χ2n) is 7.51. The van der Waals surface area contributed by atoms with E-state index in [0.717, 1.165) is 25.7 Å². The first-order valence-electron chi connectivity index (χ1n) is 9.54. The average molecular weight is 387 g/mol. The number of esters is 1. The quantitative estimate of drug-likeness (QED) is 0.376. The lowest BCUT2D eigenvalue weighted by Gasteiger charge is -2.19. The molecule has 0 saturated heterocycles. The molecule has 0 aliphatic heterocycles. The van der Waals surface area contributed by atoms with Crippen molar-refractivity contribution in [1.29, 1.82) is 0 Å². The van der Waals surface area contributed by atoms with Gasteiger partial charge in [-0.1, -0.05) is 48.5 Å². The predicted molar refractivity (Wildman–Crippen MR) is 111 cm³/mol. The van der Waals surface area contributed by atoms with Crippen molar-refractivity contribution >= 4 is 17.7 Å². The Bertz CT molecular complexity index is 675. The Labute approximate surface area is 167 Å². The van der Waals surface area contributed by atoms with Crippen LogP contribution in [0.1, 0.15) is 45.6 Å². The van der Waals surface area contributed by atoms with Gasteiger partial charge >= 0.3 is 5.97 Å². The van der Waals surface area contributed by atoms with Crippen LogP contribution in [0.5, 0.6) is 0 Å². The molecule has 3 nitrogen and oxygen atoms in total. The second-order valence-corrected chi connectivity index (χ2v) is 8.66. The zero-order chi connectivity index (χ0) is 19.5. The summed E-state index contributed by atoms with van der Waals surface area (Å²) in [6, 6.07) is 19.2. The Morgan fingerprint density at radius 3 is 2.22 bits per heavy atom. The van der Waals surface area contributed by atoms with Crippen molar-refractivity contribution in [2.75, 3.05) is 13.2 Å². The summed E-state index contributed by atoms with van der Waals surface area (Å²) in [4.78, 5) is 14.1.